The van der Waals surface area contributed by atoms with Crippen LogP contribution in [0.1, 0.15) is 11.3 Å². The molecule has 1 aromatic carbocycles. The van der Waals surface area contributed by atoms with Crippen LogP contribution in [0.15, 0.2) is 41.8 Å². The van der Waals surface area contributed by atoms with Crippen molar-refractivity contribution in [1.82, 2.24) is 5.32 Å². The van der Waals surface area contributed by atoms with E-state index in [2.05, 4.69) is 5.32 Å². The largest absolute Gasteiger partial charge is 0.355 e. The van der Waals surface area contributed by atoms with Gasteiger partial charge in [-0.25, -0.2) is 0 Å². The molecule has 0 unspecified atom stereocenters. The summed E-state index contributed by atoms with van der Waals surface area (Å²) in [4.78, 5) is 27.6. The van der Waals surface area contributed by atoms with Gasteiger partial charge in [0.25, 0.3) is 0 Å². The van der Waals surface area contributed by atoms with E-state index in [1.54, 1.807) is 40.5 Å². The van der Waals surface area contributed by atoms with E-state index in [0.29, 0.717) is 24.5 Å². The highest BCUT2D eigenvalue weighted by Gasteiger charge is 2.37. The number of halogens is 1. The second-order valence-corrected chi connectivity index (χ2v) is 6.90. The molecule has 0 saturated carbocycles. The van der Waals surface area contributed by atoms with Gasteiger partial charge in [0.05, 0.1) is 0 Å². The van der Waals surface area contributed by atoms with Gasteiger partial charge >= 0.3 is 0 Å². The molecule has 0 radical (unpaired) electrons. The lowest BCUT2D eigenvalue weighted by molar-refractivity contribution is -0.132. The van der Waals surface area contributed by atoms with Crippen LogP contribution < -0.4 is 10.2 Å². The number of hydrogen-bond acceptors (Lipinski definition) is 3. The molecule has 0 bridgehead atoms. The second-order valence-electron chi connectivity index (χ2n) is 5.43. The molecule has 1 fully saturated rings. The first-order valence-corrected chi connectivity index (χ1v) is 8.78. The Balaban J connectivity index is 1.55. The fraction of sp³-hybridized carbons (Fsp3) is 0.294. The average molecular weight is 349 g/mol. The lowest BCUT2D eigenvalue weighted by Gasteiger charge is -2.16. The van der Waals surface area contributed by atoms with E-state index in [0.717, 1.165) is 12.1 Å². The van der Waals surface area contributed by atoms with Crippen LogP contribution in [0.3, 0.4) is 0 Å². The number of carbonyl (C=O) groups is 2. The number of nitrogens with one attached hydrogen (secondary N) is 1. The molecule has 1 aliphatic rings. The molecule has 4 nitrogen and oxygen atoms in total. The van der Waals surface area contributed by atoms with Crippen LogP contribution >= 0.6 is 22.9 Å². The minimum absolute atomic E-state index is 0.138. The topological polar surface area (TPSA) is 49.4 Å². The summed E-state index contributed by atoms with van der Waals surface area (Å²) < 4.78 is 0. The zero-order chi connectivity index (χ0) is 16.2. The molecule has 0 aliphatic carbocycles. The molecule has 2 heterocycles. The molecular formula is C17H17ClN2O2S. The van der Waals surface area contributed by atoms with Crippen molar-refractivity contribution < 1.29 is 9.59 Å². The van der Waals surface area contributed by atoms with Crippen molar-refractivity contribution in [2.45, 2.75) is 12.8 Å². The van der Waals surface area contributed by atoms with Crippen LogP contribution in [0.25, 0.3) is 0 Å². The van der Waals surface area contributed by atoms with Crippen LogP contribution in [0.2, 0.25) is 5.02 Å². The Morgan fingerprint density at radius 1 is 1.30 bits per heavy atom. The summed E-state index contributed by atoms with van der Waals surface area (Å²) in [6.45, 7) is 1.12. The van der Waals surface area contributed by atoms with Gasteiger partial charge in [-0.3, -0.25) is 9.59 Å². The number of carbonyl (C=O) groups excluding carboxylic acids is 2. The fourth-order valence-electron chi connectivity index (χ4n) is 2.69. The van der Waals surface area contributed by atoms with Gasteiger partial charge in [0, 0.05) is 28.7 Å². The van der Waals surface area contributed by atoms with Gasteiger partial charge in [0.2, 0.25) is 11.8 Å². The molecule has 120 valence electrons. The van der Waals surface area contributed by atoms with Crippen molar-refractivity contribution in [3.63, 3.8) is 0 Å². The van der Waals surface area contributed by atoms with E-state index >= 15 is 0 Å². The number of benzene rings is 1. The van der Waals surface area contributed by atoms with Crippen molar-refractivity contribution in [3.8, 4) is 0 Å². The average Bonchev–Trinajstić information content (AvgIpc) is 3.18. The number of hydrogen-bond donors (Lipinski definition) is 1. The molecule has 2 aromatic rings. The monoisotopic (exact) mass is 348 g/mol. The maximum Gasteiger partial charge on any atom is 0.239 e. The number of nitrogens with zero attached hydrogens (tertiary/aromatic N) is 1. The van der Waals surface area contributed by atoms with Crippen LogP contribution in [0.4, 0.5) is 5.69 Å². The highest BCUT2D eigenvalue weighted by atomic mass is 35.5. The van der Waals surface area contributed by atoms with Gasteiger partial charge in [0.1, 0.15) is 5.92 Å². The molecule has 23 heavy (non-hydrogen) atoms. The maximum absolute atomic E-state index is 12.5. The van der Waals surface area contributed by atoms with Crippen molar-refractivity contribution in [1.29, 1.82) is 0 Å². The van der Waals surface area contributed by atoms with Gasteiger partial charge in [-0.05, 0) is 48.6 Å². The van der Waals surface area contributed by atoms with Crippen molar-refractivity contribution in [2.24, 2.45) is 5.92 Å². The van der Waals surface area contributed by atoms with Gasteiger partial charge in [-0.1, -0.05) is 17.7 Å². The van der Waals surface area contributed by atoms with Crippen LogP contribution in [0, 0.1) is 5.92 Å². The van der Waals surface area contributed by atoms with Gasteiger partial charge < -0.3 is 10.2 Å². The zero-order valence-corrected chi connectivity index (χ0v) is 14.1. The summed E-state index contributed by atoms with van der Waals surface area (Å²) in [5.41, 5.74) is 0.785. The quantitative estimate of drug-likeness (QED) is 0.844. The third-order valence-corrected chi connectivity index (χ3v) is 5.10. The van der Waals surface area contributed by atoms with Gasteiger partial charge in [-0.15, -0.1) is 11.3 Å². The van der Waals surface area contributed by atoms with Crippen LogP contribution in [0.5, 0.6) is 0 Å². The smallest absolute Gasteiger partial charge is 0.239 e. The Labute approximate surface area is 144 Å². The third-order valence-electron chi connectivity index (χ3n) is 3.91. The van der Waals surface area contributed by atoms with E-state index in [-0.39, 0.29) is 11.8 Å². The van der Waals surface area contributed by atoms with Crippen molar-refractivity contribution in [3.05, 3.63) is 51.7 Å². The molecule has 1 saturated heterocycles. The fourth-order valence-corrected chi connectivity index (χ4v) is 3.52. The summed E-state index contributed by atoms with van der Waals surface area (Å²) in [6, 6.07) is 11.1. The van der Waals surface area contributed by atoms with E-state index < -0.39 is 5.92 Å². The van der Waals surface area contributed by atoms with Gasteiger partial charge in [-0.2, -0.15) is 0 Å². The number of thiophene rings is 1. The molecule has 1 aliphatic heterocycles. The molecule has 1 atom stereocenters. The summed E-state index contributed by atoms with van der Waals surface area (Å²) in [6.07, 6.45) is 1.34. The lowest BCUT2D eigenvalue weighted by atomic mass is 10.1. The lowest BCUT2D eigenvalue weighted by Crippen LogP contribution is -2.37. The predicted octanol–water partition coefficient (Wildman–Crippen LogP) is 3.11. The second kappa shape index (κ2) is 7.15. The molecule has 0 spiro atoms. The Morgan fingerprint density at radius 2 is 2.09 bits per heavy atom. The first-order chi connectivity index (χ1) is 11.1. The molecule has 2 amide bonds. The highest BCUT2D eigenvalue weighted by molar-refractivity contribution is 7.09. The molecular weight excluding hydrogens is 332 g/mol. The number of amides is 2. The first-order valence-electron chi connectivity index (χ1n) is 7.52. The summed E-state index contributed by atoms with van der Waals surface area (Å²) >= 11 is 7.54. The van der Waals surface area contributed by atoms with E-state index in [1.165, 1.54) is 4.88 Å². The number of rotatable bonds is 5. The molecule has 1 N–H and O–H groups in total. The minimum atomic E-state index is -0.589. The highest BCUT2D eigenvalue weighted by Crippen LogP contribution is 2.26. The summed E-state index contributed by atoms with van der Waals surface area (Å²) in [7, 11) is 0. The summed E-state index contributed by atoms with van der Waals surface area (Å²) in [5.74, 6) is -0.905. The first kappa shape index (κ1) is 16.0. The Hall–Kier alpha value is -1.85. The van der Waals surface area contributed by atoms with Crippen molar-refractivity contribution in [2.75, 3.05) is 18.0 Å². The number of anilines is 1. The predicted molar refractivity (Wildman–Crippen MR) is 92.9 cm³/mol. The van der Waals surface area contributed by atoms with Crippen molar-refractivity contribution >= 4 is 40.4 Å². The molecule has 3 rings (SSSR count). The van der Waals surface area contributed by atoms with E-state index in [1.807, 2.05) is 17.5 Å². The minimum Gasteiger partial charge on any atom is -0.355 e. The van der Waals surface area contributed by atoms with Crippen LogP contribution in [-0.4, -0.2) is 24.9 Å². The van der Waals surface area contributed by atoms with E-state index in [9.17, 15) is 9.59 Å². The Bertz CT molecular complexity index is 685. The zero-order valence-electron chi connectivity index (χ0n) is 12.5. The molecule has 1 aromatic heterocycles. The Morgan fingerprint density at radius 3 is 2.78 bits per heavy atom. The van der Waals surface area contributed by atoms with Crippen LogP contribution in [-0.2, 0) is 16.0 Å². The third kappa shape index (κ3) is 3.74. The maximum atomic E-state index is 12.5. The SMILES string of the molecule is O=C(NCCc1cccs1)[C@@H]1CCN(c2ccc(Cl)cc2)C1=O. The van der Waals surface area contributed by atoms with Gasteiger partial charge in [0.15, 0.2) is 0 Å². The Kier molecular flexibility index (Phi) is 4.98. The molecule has 6 heteroatoms. The standard InChI is InChI=1S/C17H17ClN2O2S/c18-12-3-5-13(6-4-12)20-10-8-15(17(20)22)16(21)19-9-7-14-2-1-11-23-14/h1-6,11,15H,7-10H2,(H,19,21)/t15-/m0/s1. The normalized spacial score (nSPS) is 17.5. The van der Waals surface area contributed by atoms with E-state index in [4.69, 9.17) is 11.6 Å². The summed E-state index contributed by atoms with van der Waals surface area (Å²) in [5, 5.41) is 5.52.